The predicted octanol–water partition coefficient (Wildman–Crippen LogP) is 3.98. The molecule has 146 valence electrons. The molecule has 4 nitrogen and oxygen atoms in total. The Hall–Kier alpha value is -1.47. The van der Waals surface area contributed by atoms with Gasteiger partial charge < -0.3 is 14.8 Å². The van der Waals surface area contributed by atoms with Crippen molar-refractivity contribution in [2.75, 3.05) is 39.4 Å². The van der Waals surface area contributed by atoms with E-state index in [4.69, 9.17) is 9.47 Å². The van der Waals surface area contributed by atoms with Gasteiger partial charge in [-0.15, -0.1) is 0 Å². The molecule has 0 saturated carbocycles. The molecule has 1 fully saturated rings. The SMILES string of the molecule is Fc1ccc(COc2ccc(Br)cc2CNCCCN2CCOCC2)cc1. The van der Waals surface area contributed by atoms with Gasteiger partial charge >= 0.3 is 0 Å². The van der Waals surface area contributed by atoms with Crippen molar-refractivity contribution in [1.29, 1.82) is 0 Å². The van der Waals surface area contributed by atoms with Gasteiger partial charge in [0.15, 0.2) is 0 Å². The Bertz CT molecular complexity index is 706. The van der Waals surface area contributed by atoms with Crippen molar-refractivity contribution in [3.8, 4) is 5.75 Å². The van der Waals surface area contributed by atoms with Crippen LogP contribution in [0.1, 0.15) is 17.5 Å². The first-order chi connectivity index (χ1) is 13.2. The van der Waals surface area contributed by atoms with Crippen LogP contribution in [0.15, 0.2) is 46.9 Å². The van der Waals surface area contributed by atoms with Crippen LogP contribution in [-0.4, -0.2) is 44.3 Å². The summed E-state index contributed by atoms with van der Waals surface area (Å²) in [5.41, 5.74) is 2.06. The van der Waals surface area contributed by atoms with Crippen molar-refractivity contribution in [3.63, 3.8) is 0 Å². The molecule has 0 radical (unpaired) electrons. The maximum atomic E-state index is 13.0. The number of hydrogen-bond acceptors (Lipinski definition) is 4. The average Bonchev–Trinajstić information content (AvgIpc) is 2.69. The Labute approximate surface area is 168 Å². The Kier molecular flexibility index (Phi) is 8.08. The molecule has 0 spiro atoms. The number of hydrogen-bond donors (Lipinski definition) is 1. The third kappa shape index (κ3) is 6.88. The van der Waals surface area contributed by atoms with Crippen LogP contribution in [0.2, 0.25) is 0 Å². The molecule has 2 aromatic rings. The fourth-order valence-electron chi connectivity index (χ4n) is 3.04. The van der Waals surface area contributed by atoms with Crippen molar-refractivity contribution < 1.29 is 13.9 Å². The molecule has 27 heavy (non-hydrogen) atoms. The molecule has 1 aliphatic heterocycles. The van der Waals surface area contributed by atoms with Gasteiger partial charge in [-0.3, -0.25) is 4.90 Å². The van der Waals surface area contributed by atoms with Gasteiger partial charge in [0.25, 0.3) is 0 Å². The van der Waals surface area contributed by atoms with E-state index >= 15 is 0 Å². The topological polar surface area (TPSA) is 33.7 Å². The summed E-state index contributed by atoms with van der Waals surface area (Å²) < 4.78 is 25.4. The molecule has 1 saturated heterocycles. The second-order valence-electron chi connectivity index (χ2n) is 6.65. The maximum absolute atomic E-state index is 13.0. The van der Waals surface area contributed by atoms with Gasteiger partial charge in [0, 0.05) is 29.7 Å². The van der Waals surface area contributed by atoms with Gasteiger partial charge in [-0.05, 0) is 55.4 Å². The molecule has 1 aliphatic rings. The second-order valence-corrected chi connectivity index (χ2v) is 7.57. The molecule has 1 N–H and O–H groups in total. The highest BCUT2D eigenvalue weighted by molar-refractivity contribution is 9.10. The maximum Gasteiger partial charge on any atom is 0.124 e. The van der Waals surface area contributed by atoms with Crippen LogP contribution >= 0.6 is 15.9 Å². The third-order valence-electron chi connectivity index (χ3n) is 4.58. The minimum absolute atomic E-state index is 0.232. The van der Waals surface area contributed by atoms with Crippen LogP contribution < -0.4 is 10.1 Å². The largest absolute Gasteiger partial charge is 0.489 e. The highest BCUT2D eigenvalue weighted by Gasteiger charge is 2.09. The number of nitrogens with zero attached hydrogens (tertiary/aromatic N) is 1. The first kappa shape index (κ1) is 20.3. The summed E-state index contributed by atoms with van der Waals surface area (Å²) in [5, 5.41) is 3.51. The predicted molar refractivity (Wildman–Crippen MR) is 108 cm³/mol. The van der Waals surface area contributed by atoms with Crippen LogP contribution in [0.3, 0.4) is 0 Å². The molecule has 0 aliphatic carbocycles. The smallest absolute Gasteiger partial charge is 0.124 e. The summed E-state index contributed by atoms with van der Waals surface area (Å²) in [7, 11) is 0. The molecular weight excluding hydrogens is 411 g/mol. The minimum atomic E-state index is -0.232. The molecule has 3 rings (SSSR count). The summed E-state index contributed by atoms with van der Waals surface area (Å²) in [6, 6.07) is 12.4. The Balaban J connectivity index is 1.45. The van der Waals surface area contributed by atoms with Gasteiger partial charge in [0.05, 0.1) is 13.2 Å². The zero-order valence-electron chi connectivity index (χ0n) is 15.4. The lowest BCUT2D eigenvalue weighted by Crippen LogP contribution is -2.37. The van der Waals surface area contributed by atoms with Crippen LogP contribution in [0.5, 0.6) is 5.75 Å². The summed E-state index contributed by atoms with van der Waals surface area (Å²) in [6.07, 6.45) is 1.11. The molecule has 0 aromatic heterocycles. The van der Waals surface area contributed by atoms with E-state index in [2.05, 4.69) is 32.2 Å². The second kappa shape index (κ2) is 10.8. The van der Waals surface area contributed by atoms with Crippen molar-refractivity contribution in [1.82, 2.24) is 10.2 Å². The van der Waals surface area contributed by atoms with Crippen LogP contribution in [-0.2, 0) is 17.9 Å². The van der Waals surface area contributed by atoms with E-state index in [9.17, 15) is 4.39 Å². The first-order valence-corrected chi connectivity index (χ1v) is 10.2. The first-order valence-electron chi connectivity index (χ1n) is 9.37. The van der Waals surface area contributed by atoms with Gasteiger partial charge in [0.1, 0.15) is 18.2 Å². The van der Waals surface area contributed by atoms with Crippen molar-refractivity contribution in [3.05, 3.63) is 63.9 Å². The van der Waals surface area contributed by atoms with E-state index in [-0.39, 0.29) is 5.82 Å². The third-order valence-corrected chi connectivity index (χ3v) is 5.07. The molecule has 0 unspecified atom stereocenters. The van der Waals surface area contributed by atoms with Crippen molar-refractivity contribution in [2.24, 2.45) is 0 Å². The van der Waals surface area contributed by atoms with Gasteiger partial charge in [-0.2, -0.15) is 0 Å². The zero-order valence-corrected chi connectivity index (χ0v) is 17.0. The lowest BCUT2D eigenvalue weighted by atomic mass is 10.2. The van der Waals surface area contributed by atoms with E-state index in [0.717, 1.165) is 73.7 Å². The fraction of sp³-hybridized carbons (Fsp3) is 0.429. The zero-order chi connectivity index (χ0) is 18.9. The number of rotatable bonds is 9. The summed E-state index contributed by atoms with van der Waals surface area (Å²) in [6.45, 7) is 7.00. The Morgan fingerprint density at radius 2 is 1.89 bits per heavy atom. The normalized spacial score (nSPS) is 15.0. The lowest BCUT2D eigenvalue weighted by molar-refractivity contribution is 0.0374. The monoisotopic (exact) mass is 436 g/mol. The van der Waals surface area contributed by atoms with Gasteiger partial charge in [-0.1, -0.05) is 28.1 Å². The quantitative estimate of drug-likeness (QED) is 0.602. The number of halogens is 2. The van der Waals surface area contributed by atoms with Crippen LogP contribution in [0, 0.1) is 5.82 Å². The van der Waals surface area contributed by atoms with E-state index in [1.807, 2.05) is 12.1 Å². The molecule has 0 bridgehead atoms. The Morgan fingerprint density at radius 3 is 2.67 bits per heavy atom. The standard InChI is InChI=1S/C21H26BrFN2O2/c22-19-4-7-21(27-16-17-2-5-20(23)6-3-17)18(14-19)15-24-8-1-9-25-10-12-26-13-11-25/h2-7,14,24H,1,8-13,15-16H2. The van der Waals surface area contributed by atoms with E-state index < -0.39 is 0 Å². The fourth-order valence-corrected chi connectivity index (χ4v) is 3.45. The van der Waals surface area contributed by atoms with Crippen molar-refractivity contribution in [2.45, 2.75) is 19.6 Å². The van der Waals surface area contributed by atoms with Gasteiger partial charge in [-0.25, -0.2) is 4.39 Å². The van der Waals surface area contributed by atoms with E-state index in [0.29, 0.717) is 6.61 Å². The van der Waals surface area contributed by atoms with Crippen molar-refractivity contribution >= 4 is 15.9 Å². The van der Waals surface area contributed by atoms with Gasteiger partial charge in [0.2, 0.25) is 0 Å². The Morgan fingerprint density at radius 1 is 1.11 bits per heavy atom. The number of benzene rings is 2. The number of nitrogens with one attached hydrogen (secondary N) is 1. The molecule has 0 atom stereocenters. The summed E-state index contributed by atoms with van der Waals surface area (Å²) in [4.78, 5) is 2.45. The van der Waals surface area contributed by atoms with E-state index in [1.165, 1.54) is 12.1 Å². The molecule has 1 heterocycles. The molecule has 6 heteroatoms. The van der Waals surface area contributed by atoms with Crippen LogP contribution in [0.25, 0.3) is 0 Å². The summed E-state index contributed by atoms with van der Waals surface area (Å²) >= 11 is 3.53. The summed E-state index contributed by atoms with van der Waals surface area (Å²) in [5.74, 6) is 0.618. The molecule has 0 amide bonds. The average molecular weight is 437 g/mol. The van der Waals surface area contributed by atoms with E-state index in [1.54, 1.807) is 12.1 Å². The molecule has 2 aromatic carbocycles. The van der Waals surface area contributed by atoms with Crippen LogP contribution in [0.4, 0.5) is 4.39 Å². The number of ether oxygens (including phenoxy) is 2. The minimum Gasteiger partial charge on any atom is -0.489 e. The highest BCUT2D eigenvalue weighted by atomic mass is 79.9. The molecular formula is C21H26BrFN2O2. The lowest BCUT2D eigenvalue weighted by Gasteiger charge is -2.26. The highest BCUT2D eigenvalue weighted by Crippen LogP contribution is 2.24. The number of morpholine rings is 1.